The molecule has 0 bridgehead atoms. The van der Waals surface area contributed by atoms with Crippen LogP contribution in [0, 0.1) is 44.9 Å². The van der Waals surface area contributed by atoms with Crippen LogP contribution in [0.5, 0.6) is 0 Å². The number of hydrogen-bond donors (Lipinski definition) is 1. The Morgan fingerprint density at radius 2 is 1.52 bits per heavy atom. The number of nitro benzene ring substituents is 2. The van der Waals surface area contributed by atoms with Gasteiger partial charge < -0.3 is 19.5 Å². The van der Waals surface area contributed by atoms with Gasteiger partial charge in [0.05, 0.1) is 21.7 Å². The largest absolute Gasteiger partial charge is 1.00 e. The summed E-state index contributed by atoms with van der Waals surface area (Å²) in [5.74, 6) is 4.92. The molecule has 2 heterocycles. The van der Waals surface area contributed by atoms with Gasteiger partial charge in [-0.1, -0.05) is 39.9 Å². The molecule has 4 rings (SSSR count). The molecule has 0 unspecified atom stereocenters. The number of non-ortho nitro benzene ring substituents is 2. The van der Waals surface area contributed by atoms with Gasteiger partial charge in [0, 0.05) is 50.4 Å². The molecule has 2 aromatic carbocycles. The molecular formula is C24H26BrK2N5O7P+. The molecule has 2 aromatic rings. The number of benzene rings is 2. The molecule has 0 saturated heterocycles. The third-order valence-electron chi connectivity index (χ3n) is 4.81. The fraction of sp³-hybridized carbons (Fsp3) is 0.292. The van der Waals surface area contributed by atoms with Crippen molar-refractivity contribution in [3.05, 3.63) is 78.9 Å². The van der Waals surface area contributed by atoms with Crippen LogP contribution in [0.3, 0.4) is 0 Å². The third-order valence-corrected chi connectivity index (χ3v) is 5.20. The van der Waals surface area contributed by atoms with Gasteiger partial charge in [-0.15, -0.1) is 17.8 Å². The second-order valence-corrected chi connectivity index (χ2v) is 8.67. The Bertz CT molecular complexity index is 1200. The van der Waals surface area contributed by atoms with E-state index in [2.05, 4.69) is 57.3 Å². The van der Waals surface area contributed by atoms with E-state index < -0.39 is 0 Å². The molecule has 0 fully saturated rings. The van der Waals surface area contributed by atoms with Gasteiger partial charge in [-0.25, -0.2) is 0 Å². The monoisotopic (exact) mass is 684 g/mol. The summed E-state index contributed by atoms with van der Waals surface area (Å²) in [7, 11) is 4.36. The van der Waals surface area contributed by atoms with Gasteiger partial charge in [0.2, 0.25) is 0 Å². The van der Waals surface area contributed by atoms with Crippen molar-refractivity contribution in [3.63, 3.8) is 0 Å². The van der Waals surface area contributed by atoms with Gasteiger partial charge in [-0.2, -0.15) is 0 Å². The summed E-state index contributed by atoms with van der Waals surface area (Å²) in [6.45, 7) is 3.84. The van der Waals surface area contributed by atoms with Crippen LogP contribution in [0.2, 0.25) is 0 Å². The normalized spacial score (nSPS) is 11.8. The van der Waals surface area contributed by atoms with Crippen molar-refractivity contribution in [3.8, 4) is 24.7 Å². The van der Waals surface area contributed by atoms with Gasteiger partial charge in [-0.3, -0.25) is 34.8 Å². The average Bonchev–Trinajstić information content (AvgIpc) is 3.54. The molecule has 16 heteroatoms. The molecule has 0 spiro atoms. The minimum absolute atomic E-state index is 0. The SMILES string of the molecule is C#CCBr.C#CCN1Cc2ccc([N+](=O)[O-])cc2C1.CN([PH-])OOC=O.O=[N+]([O-])c1ccc2c(c1)CNC2.[K+].[K+]. The molecule has 202 valence electrons. The number of fused-ring (bicyclic) bond motifs is 2. The molecule has 2 aliphatic heterocycles. The minimum Gasteiger partial charge on any atom is -0.441 e. The van der Waals surface area contributed by atoms with Gasteiger partial charge in [-0.05, 0) is 29.3 Å². The van der Waals surface area contributed by atoms with E-state index in [1.54, 1.807) is 18.2 Å². The average molecular weight is 686 g/mol. The molecule has 40 heavy (non-hydrogen) atoms. The molecule has 1 N–H and O–H groups in total. The van der Waals surface area contributed by atoms with E-state index >= 15 is 0 Å². The van der Waals surface area contributed by atoms with Crippen LogP contribution in [-0.4, -0.2) is 45.0 Å². The van der Waals surface area contributed by atoms with Crippen molar-refractivity contribution in [2.75, 3.05) is 18.9 Å². The van der Waals surface area contributed by atoms with Crippen molar-refractivity contribution < 1.29 is 127 Å². The summed E-state index contributed by atoms with van der Waals surface area (Å²) in [5, 5.41) is 24.7. The summed E-state index contributed by atoms with van der Waals surface area (Å²) in [5.41, 5.74) is 4.69. The number of carbonyl (C=O) groups excluding carboxylic acids is 1. The van der Waals surface area contributed by atoms with Crippen LogP contribution >= 0.6 is 25.3 Å². The number of terminal acetylenes is 2. The smallest absolute Gasteiger partial charge is 0.441 e. The van der Waals surface area contributed by atoms with Crippen LogP contribution in [-0.2, 0) is 40.8 Å². The topological polar surface area (TPSA) is 140 Å². The van der Waals surface area contributed by atoms with Crippen LogP contribution in [0.4, 0.5) is 11.4 Å². The van der Waals surface area contributed by atoms with E-state index in [1.807, 2.05) is 12.1 Å². The van der Waals surface area contributed by atoms with Gasteiger partial charge in [0.1, 0.15) is 0 Å². The zero-order valence-electron chi connectivity index (χ0n) is 22.5. The number of nitro groups is 2. The van der Waals surface area contributed by atoms with Crippen LogP contribution in [0.25, 0.3) is 0 Å². The maximum atomic E-state index is 10.6. The third kappa shape index (κ3) is 16.5. The molecule has 0 atom stereocenters. The fourth-order valence-corrected chi connectivity index (χ4v) is 3.33. The Labute approximate surface area is 329 Å². The first-order valence-electron chi connectivity index (χ1n) is 10.8. The first-order chi connectivity index (χ1) is 18.2. The molecule has 0 aliphatic carbocycles. The number of hydrogen-bond acceptors (Lipinski definition) is 10. The molecule has 0 amide bonds. The second-order valence-electron chi connectivity index (χ2n) is 7.48. The zero-order chi connectivity index (χ0) is 28.5. The Hall–Kier alpha value is -0.147. The van der Waals surface area contributed by atoms with Gasteiger partial charge in [0.15, 0.2) is 0 Å². The van der Waals surface area contributed by atoms with Crippen molar-refractivity contribution in [1.82, 2.24) is 15.1 Å². The van der Waals surface area contributed by atoms with Crippen molar-refractivity contribution >= 4 is 43.2 Å². The minimum atomic E-state index is -0.371. The van der Waals surface area contributed by atoms with Gasteiger partial charge in [0.25, 0.3) is 11.4 Å². The van der Waals surface area contributed by atoms with Crippen molar-refractivity contribution in [1.29, 1.82) is 0 Å². The molecule has 0 saturated carbocycles. The Balaban J connectivity index is 0. The van der Waals surface area contributed by atoms with E-state index in [1.165, 1.54) is 18.7 Å². The van der Waals surface area contributed by atoms with Crippen LogP contribution < -0.4 is 108 Å². The van der Waals surface area contributed by atoms with Crippen LogP contribution in [0.1, 0.15) is 22.3 Å². The standard InChI is InChI=1S/C11H10N2O2.C8H8N2O2.C3H3Br.C2H5NO3P.2K/c1-2-5-12-7-9-3-4-11(13(14)15)6-10(9)8-12;11-10(12)8-2-1-6-4-9-5-7(6)3-8;1-2-3-4;1-3(7)6-5-2-4;;/h1,3-4,6H,5,7-8H2;1-3,9H,4-5H2;1H,3H2;2,7H,1H3;;/q;;;-1;2*+1. The number of alkyl halides is 1. The molecule has 2 aliphatic rings. The Kier molecular flexibility index (Phi) is 25.5. The number of rotatable bonds is 6. The molecular weight excluding hydrogens is 659 g/mol. The number of halogens is 1. The maximum absolute atomic E-state index is 10.6. The number of carbonyl (C=O) groups is 1. The first kappa shape index (κ1) is 42.0. The fourth-order valence-electron chi connectivity index (χ4n) is 3.28. The molecule has 0 radical (unpaired) electrons. The summed E-state index contributed by atoms with van der Waals surface area (Å²) in [4.78, 5) is 40.5. The van der Waals surface area contributed by atoms with E-state index in [0.29, 0.717) is 18.4 Å². The van der Waals surface area contributed by atoms with Gasteiger partial charge >= 0.3 is 109 Å². The van der Waals surface area contributed by atoms with Crippen molar-refractivity contribution in [2.45, 2.75) is 26.2 Å². The van der Waals surface area contributed by atoms with E-state index in [0.717, 1.165) is 41.2 Å². The quantitative estimate of drug-likeness (QED) is 0.0519. The van der Waals surface area contributed by atoms with E-state index in [4.69, 9.17) is 12.8 Å². The number of hydroxylamine groups is 1. The van der Waals surface area contributed by atoms with Crippen LogP contribution in [0.15, 0.2) is 36.4 Å². The zero-order valence-corrected chi connectivity index (χ0v) is 31.3. The summed E-state index contributed by atoms with van der Waals surface area (Å²) < 4.78 is 0. The maximum Gasteiger partial charge on any atom is 1.00 e. The first-order valence-corrected chi connectivity index (χ1v) is 12.3. The second kappa shape index (κ2) is 24.3. The number of nitrogens with zero attached hydrogens (tertiary/aromatic N) is 4. The Morgan fingerprint density at radius 3 is 1.98 bits per heavy atom. The molecule has 0 aromatic heterocycles. The predicted octanol–water partition coefficient (Wildman–Crippen LogP) is -2.24. The Morgan fingerprint density at radius 1 is 1.02 bits per heavy atom. The summed E-state index contributed by atoms with van der Waals surface area (Å²) in [6, 6.07) is 9.97. The summed E-state index contributed by atoms with van der Waals surface area (Å²) >= 11 is 3.01. The van der Waals surface area contributed by atoms with E-state index in [-0.39, 0.29) is 130 Å². The summed E-state index contributed by atoms with van der Waals surface area (Å²) in [6.07, 6.45) is 9.95. The van der Waals surface area contributed by atoms with Crippen molar-refractivity contribution in [2.24, 2.45) is 0 Å². The van der Waals surface area contributed by atoms with E-state index in [9.17, 15) is 25.0 Å². The number of nitrogens with one attached hydrogen (secondary N) is 1. The molecule has 12 nitrogen and oxygen atoms in total. The predicted molar refractivity (Wildman–Crippen MR) is 147 cm³/mol.